The van der Waals surface area contributed by atoms with Crippen LogP contribution >= 0.6 is 0 Å². The first-order valence-electron chi connectivity index (χ1n) is 3.05. The van der Waals surface area contributed by atoms with Crippen LogP contribution in [0, 0.1) is 11.8 Å². The van der Waals surface area contributed by atoms with Crippen molar-refractivity contribution in [1.82, 2.24) is 0 Å². The molecular weight excluding hydrogens is 132 g/mol. The van der Waals surface area contributed by atoms with Gasteiger partial charge in [0.15, 0.2) is 0 Å². The summed E-state index contributed by atoms with van der Waals surface area (Å²) in [7, 11) is 0. The topological polar surface area (TPSA) is 43.4 Å². The fourth-order valence-electron chi connectivity index (χ4n) is 0.911. The van der Waals surface area contributed by atoms with Gasteiger partial charge < -0.3 is 4.74 Å². The minimum atomic E-state index is -0.479. The predicted octanol–water partition coefficient (Wildman–Crippen LogP) is 0.508. The normalized spacial score (nSPS) is 32.1. The molecule has 1 fully saturated rings. The molecule has 2 atom stereocenters. The lowest BCUT2D eigenvalue weighted by Gasteiger charge is -1.98. The van der Waals surface area contributed by atoms with E-state index >= 15 is 0 Å². The summed E-state index contributed by atoms with van der Waals surface area (Å²) in [6, 6.07) is 0. The Balaban J connectivity index is 2.83. The van der Waals surface area contributed by atoms with Crippen molar-refractivity contribution in [3.05, 3.63) is 12.7 Å². The number of cyclic esters (lactones) is 2. The minimum Gasteiger partial charge on any atom is -0.392 e. The second kappa shape index (κ2) is 2.25. The van der Waals surface area contributed by atoms with Gasteiger partial charge in [-0.25, -0.2) is 0 Å². The summed E-state index contributed by atoms with van der Waals surface area (Å²) < 4.78 is 4.33. The van der Waals surface area contributed by atoms with Crippen LogP contribution in [0.2, 0.25) is 0 Å². The summed E-state index contributed by atoms with van der Waals surface area (Å²) in [5, 5.41) is 0. The fraction of sp³-hybridized carbons (Fsp3) is 0.429. The van der Waals surface area contributed by atoms with E-state index in [1.54, 1.807) is 6.92 Å². The standard InChI is InChI=1S/C7H8O3/c1-3-5-4(2)6(8)10-7(5)9/h3-5H,1H2,2H3. The van der Waals surface area contributed by atoms with E-state index in [1.807, 2.05) is 0 Å². The molecule has 54 valence electrons. The van der Waals surface area contributed by atoms with Gasteiger partial charge in [0.25, 0.3) is 0 Å². The summed E-state index contributed by atoms with van der Waals surface area (Å²) in [5.41, 5.74) is 0. The molecule has 0 aromatic rings. The lowest BCUT2D eigenvalue weighted by atomic mass is 9.98. The van der Waals surface area contributed by atoms with Crippen LogP contribution in [0.25, 0.3) is 0 Å². The molecule has 0 bridgehead atoms. The first-order valence-corrected chi connectivity index (χ1v) is 3.05. The van der Waals surface area contributed by atoms with Crippen molar-refractivity contribution >= 4 is 11.9 Å². The van der Waals surface area contributed by atoms with E-state index in [0.717, 1.165) is 0 Å². The third kappa shape index (κ3) is 0.835. The van der Waals surface area contributed by atoms with Crippen molar-refractivity contribution in [3.63, 3.8) is 0 Å². The van der Waals surface area contributed by atoms with Crippen LogP contribution in [0.4, 0.5) is 0 Å². The number of ether oxygens (including phenoxy) is 1. The van der Waals surface area contributed by atoms with Gasteiger partial charge in [-0.05, 0) is 0 Å². The molecule has 3 heteroatoms. The first kappa shape index (κ1) is 6.99. The van der Waals surface area contributed by atoms with Crippen molar-refractivity contribution in [3.8, 4) is 0 Å². The van der Waals surface area contributed by atoms with Crippen LogP contribution in [0.3, 0.4) is 0 Å². The van der Waals surface area contributed by atoms with E-state index in [2.05, 4.69) is 11.3 Å². The molecule has 0 aromatic heterocycles. The molecule has 0 aliphatic carbocycles. The van der Waals surface area contributed by atoms with Gasteiger partial charge in [0.1, 0.15) is 0 Å². The van der Waals surface area contributed by atoms with Gasteiger partial charge in [-0.2, -0.15) is 0 Å². The Labute approximate surface area is 58.7 Å². The average Bonchev–Trinajstić information content (AvgIpc) is 2.09. The minimum absolute atomic E-state index is 0.356. The Bertz CT molecular complexity index is 195. The molecule has 1 rings (SSSR count). The van der Waals surface area contributed by atoms with Crippen LogP contribution in [-0.4, -0.2) is 11.9 Å². The van der Waals surface area contributed by atoms with E-state index in [1.165, 1.54) is 6.08 Å². The van der Waals surface area contributed by atoms with E-state index in [-0.39, 0.29) is 5.92 Å². The Kier molecular flexibility index (Phi) is 1.57. The van der Waals surface area contributed by atoms with Gasteiger partial charge in [0.05, 0.1) is 11.8 Å². The van der Waals surface area contributed by atoms with Crippen molar-refractivity contribution in [2.75, 3.05) is 0 Å². The quantitative estimate of drug-likeness (QED) is 0.303. The lowest BCUT2D eigenvalue weighted by Crippen LogP contribution is -2.10. The van der Waals surface area contributed by atoms with Gasteiger partial charge in [-0.15, -0.1) is 6.58 Å². The van der Waals surface area contributed by atoms with E-state index in [0.29, 0.717) is 0 Å². The molecule has 0 saturated carbocycles. The molecule has 0 radical (unpaired) electrons. The van der Waals surface area contributed by atoms with E-state index in [4.69, 9.17) is 0 Å². The maximum absolute atomic E-state index is 10.7. The summed E-state index contributed by atoms with van der Waals surface area (Å²) in [5.74, 6) is -1.72. The smallest absolute Gasteiger partial charge is 0.321 e. The highest BCUT2D eigenvalue weighted by Crippen LogP contribution is 2.23. The van der Waals surface area contributed by atoms with Crippen molar-refractivity contribution < 1.29 is 14.3 Å². The molecule has 1 aliphatic rings. The van der Waals surface area contributed by atoms with Crippen LogP contribution in [-0.2, 0) is 14.3 Å². The van der Waals surface area contributed by atoms with Crippen LogP contribution in [0.15, 0.2) is 12.7 Å². The SMILES string of the molecule is C=CC1C(=O)OC(=O)C1C. The Morgan fingerprint density at radius 3 is 2.30 bits per heavy atom. The van der Waals surface area contributed by atoms with Gasteiger partial charge in [0, 0.05) is 0 Å². The zero-order valence-corrected chi connectivity index (χ0v) is 5.66. The summed E-state index contributed by atoms with van der Waals surface area (Å²) in [6.45, 7) is 5.08. The molecule has 2 unspecified atom stereocenters. The molecule has 3 nitrogen and oxygen atoms in total. The summed E-state index contributed by atoms with van der Waals surface area (Å²) in [4.78, 5) is 21.4. The van der Waals surface area contributed by atoms with Crippen molar-refractivity contribution in [2.24, 2.45) is 11.8 Å². The highest BCUT2D eigenvalue weighted by Gasteiger charge is 2.38. The predicted molar refractivity (Wildman–Crippen MR) is 33.9 cm³/mol. The van der Waals surface area contributed by atoms with Gasteiger partial charge in [-0.3, -0.25) is 9.59 Å². The van der Waals surface area contributed by atoms with Crippen LogP contribution < -0.4 is 0 Å². The number of hydrogen-bond donors (Lipinski definition) is 0. The monoisotopic (exact) mass is 140 g/mol. The van der Waals surface area contributed by atoms with E-state index < -0.39 is 17.9 Å². The fourth-order valence-corrected chi connectivity index (χ4v) is 0.911. The number of esters is 2. The maximum atomic E-state index is 10.7. The second-order valence-corrected chi connectivity index (χ2v) is 2.29. The van der Waals surface area contributed by atoms with E-state index in [9.17, 15) is 9.59 Å². The Hall–Kier alpha value is -1.12. The highest BCUT2D eigenvalue weighted by molar-refractivity contribution is 5.97. The van der Waals surface area contributed by atoms with Crippen LogP contribution in [0.5, 0.6) is 0 Å². The molecule has 1 saturated heterocycles. The number of carbonyl (C=O) groups excluding carboxylic acids is 2. The van der Waals surface area contributed by atoms with Gasteiger partial charge in [-0.1, -0.05) is 13.0 Å². The number of rotatable bonds is 1. The maximum Gasteiger partial charge on any atom is 0.321 e. The highest BCUT2D eigenvalue weighted by atomic mass is 16.6. The van der Waals surface area contributed by atoms with Crippen molar-refractivity contribution in [1.29, 1.82) is 0 Å². The zero-order valence-electron chi connectivity index (χ0n) is 5.66. The van der Waals surface area contributed by atoms with Crippen LogP contribution in [0.1, 0.15) is 6.92 Å². The summed E-state index contributed by atoms with van der Waals surface area (Å²) in [6.07, 6.45) is 1.44. The molecule has 0 aromatic carbocycles. The molecule has 1 heterocycles. The first-order chi connectivity index (χ1) is 4.66. The third-order valence-electron chi connectivity index (χ3n) is 1.64. The Morgan fingerprint density at radius 1 is 1.50 bits per heavy atom. The second-order valence-electron chi connectivity index (χ2n) is 2.29. The molecule has 0 amide bonds. The lowest BCUT2D eigenvalue weighted by molar-refractivity contribution is -0.153. The molecule has 0 N–H and O–H groups in total. The molecule has 0 spiro atoms. The number of carbonyl (C=O) groups is 2. The average molecular weight is 140 g/mol. The number of hydrogen-bond acceptors (Lipinski definition) is 3. The third-order valence-corrected chi connectivity index (χ3v) is 1.64. The van der Waals surface area contributed by atoms with Gasteiger partial charge >= 0.3 is 11.9 Å². The van der Waals surface area contributed by atoms with Gasteiger partial charge in [0.2, 0.25) is 0 Å². The Morgan fingerprint density at radius 2 is 2.10 bits per heavy atom. The summed E-state index contributed by atoms with van der Waals surface area (Å²) >= 11 is 0. The largest absolute Gasteiger partial charge is 0.392 e. The molecular formula is C7H8O3. The van der Waals surface area contributed by atoms with Crippen molar-refractivity contribution in [2.45, 2.75) is 6.92 Å². The molecule has 10 heavy (non-hydrogen) atoms. The molecule has 1 aliphatic heterocycles. The zero-order chi connectivity index (χ0) is 7.72.